The summed E-state index contributed by atoms with van der Waals surface area (Å²) < 4.78 is 0. The molecule has 0 aliphatic carbocycles. The fraction of sp³-hybridized carbons (Fsp3) is 0.500. The maximum Gasteiger partial charge on any atom is 0.225 e. The Morgan fingerprint density at radius 2 is 2.00 bits per heavy atom. The molecule has 0 saturated carbocycles. The Hall–Kier alpha value is -1.85. The van der Waals surface area contributed by atoms with Gasteiger partial charge < -0.3 is 16.0 Å². The van der Waals surface area contributed by atoms with Crippen LogP contribution in [0.3, 0.4) is 0 Å². The highest BCUT2D eigenvalue weighted by atomic mass is 35.5. The number of rotatable bonds is 6. The second-order valence-corrected chi connectivity index (χ2v) is 7.32. The molecule has 6 heteroatoms. The summed E-state index contributed by atoms with van der Waals surface area (Å²) in [6.07, 6.45) is 7.83. The quantitative estimate of drug-likeness (QED) is 0.523. The molecule has 1 fully saturated rings. The van der Waals surface area contributed by atoms with Gasteiger partial charge in [0.2, 0.25) is 5.91 Å². The molecule has 1 aliphatic rings. The van der Waals surface area contributed by atoms with E-state index in [0.29, 0.717) is 17.1 Å². The molecule has 0 aromatic heterocycles. The first kappa shape index (κ1) is 20.5. The Morgan fingerprint density at radius 1 is 1.31 bits per heavy atom. The summed E-state index contributed by atoms with van der Waals surface area (Å²) in [6, 6.07) is 5.44. The van der Waals surface area contributed by atoms with Gasteiger partial charge in [-0.05, 0) is 63.5 Å². The topological polar surface area (TPSA) is 82.2 Å². The number of carbonyl (C=O) groups is 1. The van der Waals surface area contributed by atoms with Crippen molar-refractivity contribution in [2.24, 2.45) is 5.73 Å². The molecule has 142 valence electrons. The number of carbonyl (C=O) groups excluding carboxylic acids is 1. The van der Waals surface area contributed by atoms with Gasteiger partial charge in [0.25, 0.3) is 0 Å². The van der Waals surface area contributed by atoms with Crippen LogP contribution < -0.4 is 11.1 Å². The van der Waals surface area contributed by atoms with Crippen molar-refractivity contribution in [1.29, 1.82) is 5.41 Å². The van der Waals surface area contributed by atoms with Gasteiger partial charge in [-0.3, -0.25) is 10.2 Å². The highest BCUT2D eigenvalue weighted by molar-refractivity contribution is 6.30. The van der Waals surface area contributed by atoms with Crippen molar-refractivity contribution in [3.63, 3.8) is 0 Å². The first-order valence-electron chi connectivity index (χ1n) is 9.30. The minimum absolute atomic E-state index is 0.00153. The Labute approximate surface area is 161 Å². The molecular formula is C20H29ClN4O. The highest BCUT2D eigenvalue weighted by Crippen LogP contribution is 2.19. The lowest BCUT2D eigenvalue weighted by atomic mass is 10.1. The van der Waals surface area contributed by atoms with Crippen LogP contribution >= 0.6 is 11.6 Å². The number of nitrogens with zero attached hydrogens (tertiary/aromatic N) is 1. The van der Waals surface area contributed by atoms with Gasteiger partial charge >= 0.3 is 0 Å². The summed E-state index contributed by atoms with van der Waals surface area (Å²) >= 11 is 6.00. The Kier molecular flexibility index (Phi) is 8.13. The van der Waals surface area contributed by atoms with Crippen molar-refractivity contribution >= 4 is 29.0 Å². The number of nitrogens with two attached hydrogens (primary N) is 1. The van der Waals surface area contributed by atoms with Gasteiger partial charge in [-0.2, -0.15) is 0 Å². The van der Waals surface area contributed by atoms with Crippen LogP contribution in [0, 0.1) is 12.3 Å². The van der Waals surface area contributed by atoms with Crippen molar-refractivity contribution in [2.75, 3.05) is 19.6 Å². The lowest BCUT2D eigenvalue weighted by Gasteiger charge is -2.19. The second-order valence-electron chi connectivity index (χ2n) is 6.88. The number of benzene rings is 1. The third-order valence-electron chi connectivity index (χ3n) is 4.66. The fourth-order valence-electron chi connectivity index (χ4n) is 3.21. The molecule has 1 aromatic rings. The van der Waals surface area contributed by atoms with Gasteiger partial charge in [0.15, 0.2) is 0 Å². The first-order valence-corrected chi connectivity index (χ1v) is 9.68. The summed E-state index contributed by atoms with van der Waals surface area (Å²) in [7, 11) is 0. The lowest BCUT2D eigenvalue weighted by molar-refractivity contribution is -0.119. The SMILES string of the molecule is Cc1ccc(Cl)cc1C(N)=CC(=N)NC(=O)CCCN1CCCCCC1. The van der Waals surface area contributed by atoms with E-state index in [4.69, 9.17) is 22.7 Å². The molecule has 2 rings (SSSR count). The lowest BCUT2D eigenvalue weighted by Crippen LogP contribution is -2.31. The minimum Gasteiger partial charge on any atom is -0.398 e. The number of hydrogen-bond donors (Lipinski definition) is 3. The van der Waals surface area contributed by atoms with E-state index in [1.54, 1.807) is 12.1 Å². The summed E-state index contributed by atoms with van der Waals surface area (Å²) in [5, 5.41) is 11.1. The third-order valence-corrected chi connectivity index (χ3v) is 4.90. The minimum atomic E-state index is -0.142. The van der Waals surface area contributed by atoms with Crippen LogP contribution in [0.1, 0.15) is 49.7 Å². The average molecular weight is 377 g/mol. The second kappa shape index (κ2) is 10.3. The molecule has 0 spiro atoms. The van der Waals surface area contributed by atoms with Crippen molar-refractivity contribution in [1.82, 2.24) is 10.2 Å². The largest absolute Gasteiger partial charge is 0.398 e. The Balaban J connectivity index is 1.79. The van der Waals surface area contributed by atoms with Crippen LogP contribution in [0.4, 0.5) is 0 Å². The predicted molar refractivity (Wildman–Crippen MR) is 108 cm³/mol. The van der Waals surface area contributed by atoms with Gasteiger partial charge in [0, 0.05) is 28.8 Å². The fourth-order valence-corrected chi connectivity index (χ4v) is 3.38. The van der Waals surface area contributed by atoms with Crippen LogP contribution in [-0.2, 0) is 4.79 Å². The first-order chi connectivity index (χ1) is 12.5. The van der Waals surface area contributed by atoms with Crippen molar-refractivity contribution in [3.05, 3.63) is 40.4 Å². The molecule has 1 amide bonds. The number of likely N-dealkylation sites (tertiary alicyclic amines) is 1. The molecule has 26 heavy (non-hydrogen) atoms. The standard InChI is InChI=1S/C20H29ClN4O/c1-15-8-9-16(21)13-17(15)18(22)14-19(23)24-20(26)7-6-12-25-10-4-2-3-5-11-25/h8-9,13-14H,2-7,10-12,22H2,1H3,(H2,23,24,26). The van der Waals surface area contributed by atoms with Gasteiger partial charge in [-0.25, -0.2) is 0 Å². The normalized spacial score (nSPS) is 16.2. The smallest absolute Gasteiger partial charge is 0.225 e. The maximum atomic E-state index is 12.0. The van der Waals surface area contributed by atoms with Crippen LogP contribution in [0.5, 0.6) is 0 Å². The molecule has 0 radical (unpaired) electrons. The van der Waals surface area contributed by atoms with Crippen molar-refractivity contribution in [3.8, 4) is 0 Å². The van der Waals surface area contributed by atoms with E-state index < -0.39 is 0 Å². The van der Waals surface area contributed by atoms with Gasteiger partial charge in [0.05, 0.1) is 0 Å². The number of halogens is 1. The van der Waals surface area contributed by atoms with Gasteiger partial charge in [0.1, 0.15) is 5.84 Å². The van der Waals surface area contributed by atoms with E-state index in [1.165, 1.54) is 31.8 Å². The number of aryl methyl sites for hydroxylation is 1. The zero-order valence-electron chi connectivity index (χ0n) is 15.5. The van der Waals surface area contributed by atoms with E-state index in [-0.39, 0.29) is 11.7 Å². The number of hydrogen-bond acceptors (Lipinski definition) is 4. The highest BCUT2D eigenvalue weighted by Gasteiger charge is 2.10. The Bertz CT molecular complexity index is 664. The number of amidine groups is 1. The number of amides is 1. The molecule has 0 atom stereocenters. The van der Waals surface area contributed by atoms with Crippen LogP contribution in [0.2, 0.25) is 5.02 Å². The molecule has 1 saturated heterocycles. The maximum absolute atomic E-state index is 12.0. The van der Waals surface area contributed by atoms with E-state index in [1.807, 2.05) is 13.0 Å². The monoisotopic (exact) mass is 376 g/mol. The van der Waals surface area contributed by atoms with E-state index in [2.05, 4.69) is 10.2 Å². The number of nitrogens with one attached hydrogen (secondary N) is 2. The van der Waals surface area contributed by atoms with Gasteiger partial charge in [-0.1, -0.05) is 30.5 Å². The van der Waals surface area contributed by atoms with Crippen LogP contribution in [-0.4, -0.2) is 36.3 Å². The summed E-state index contributed by atoms with van der Waals surface area (Å²) in [6.45, 7) is 5.14. The van der Waals surface area contributed by atoms with Crippen molar-refractivity contribution in [2.45, 2.75) is 45.4 Å². The van der Waals surface area contributed by atoms with E-state index in [0.717, 1.165) is 37.2 Å². The zero-order valence-corrected chi connectivity index (χ0v) is 16.2. The molecule has 1 aromatic carbocycles. The molecular weight excluding hydrogens is 348 g/mol. The van der Waals surface area contributed by atoms with Crippen molar-refractivity contribution < 1.29 is 4.79 Å². The summed E-state index contributed by atoms with van der Waals surface area (Å²) in [4.78, 5) is 14.5. The molecule has 5 nitrogen and oxygen atoms in total. The van der Waals surface area contributed by atoms with E-state index in [9.17, 15) is 4.79 Å². The molecule has 1 heterocycles. The molecule has 0 bridgehead atoms. The van der Waals surface area contributed by atoms with Crippen LogP contribution in [0.15, 0.2) is 24.3 Å². The van der Waals surface area contributed by atoms with Crippen LogP contribution in [0.25, 0.3) is 5.70 Å². The molecule has 1 aliphatic heterocycles. The van der Waals surface area contributed by atoms with Gasteiger partial charge in [-0.15, -0.1) is 0 Å². The molecule has 0 unspecified atom stereocenters. The third kappa shape index (κ3) is 6.81. The summed E-state index contributed by atoms with van der Waals surface area (Å²) in [5.74, 6) is -0.140. The zero-order chi connectivity index (χ0) is 18.9. The predicted octanol–water partition coefficient (Wildman–Crippen LogP) is 3.70. The average Bonchev–Trinajstić information content (AvgIpc) is 2.85. The Morgan fingerprint density at radius 3 is 2.69 bits per heavy atom. The summed E-state index contributed by atoms with van der Waals surface area (Å²) in [5.41, 5.74) is 8.22. The molecule has 4 N–H and O–H groups in total. The van der Waals surface area contributed by atoms with E-state index >= 15 is 0 Å².